The number of aliphatic hydroxyl groups excluding tert-OH is 1. The molecular formula is C29H33N3O5. The molecule has 2 aromatic carbocycles. The van der Waals surface area contributed by atoms with Gasteiger partial charge in [-0.15, -0.1) is 0 Å². The second kappa shape index (κ2) is 9.67. The molecule has 1 saturated carbocycles. The first kappa shape index (κ1) is 26.4. The van der Waals surface area contributed by atoms with Gasteiger partial charge in [-0.1, -0.05) is 49.9 Å². The third-order valence-corrected chi connectivity index (χ3v) is 7.42. The van der Waals surface area contributed by atoms with Gasteiger partial charge in [-0.25, -0.2) is 0 Å². The number of rotatable bonds is 6. The van der Waals surface area contributed by atoms with Crippen molar-refractivity contribution in [1.82, 2.24) is 9.88 Å². The van der Waals surface area contributed by atoms with Gasteiger partial charge in [0.05, 0.1) is 37.5 Å². The summed E-state index contributed by atoms with van der Waals surface area (Å²) >= 11 is 0. The van der Waals surface area contributed by atoms with Gasteiger partial charge in [0, 0.05) is 24.4 Å². The van der Waals surface area contributed by atoms with Crippen molar-refractivity contribution in [3.63, 3.8) is 0 Å². The number of aromatic nitrogens is 1. The van der Waals surface area contributed by atoms with Crippen LogP contribution in [0.5, 0.6) is 17.5 Å². The van der Waals surface area contributed by atoms with Gasteiger partial charge in [-0.3, -0.25) is 0 Å². The molecule has 1 aromatic heterocycles. The molecule has 3 aromatic rings. The number of benzene rings is 2. The molecule has 0 spiro atoms. The van der Waals surface area contributed by atoms with Gasteiger partial charge >= 0.3 is 0 Å². The summed E-state index contributed by atoms with van der Waals surface area (Å²) in [5.41, 5.74) is -1.04. The zero-order valence-corrected chi connectivity index (χ0v) is 20.7. The van der Waals surface area contributed by atoms with Crippen LogP contribution in [0.4, 0.5) is 0 Å². The smallest absolute Gasteiger partial charge is 0.226 e. The van der Waals surface area contributed by atoms with Crippen molar-refractivity contribution in [3.05, 3.63) is 82.9 Å². The van der Waals surface area contributed by atoms with E-state index in [-0.39, 0.29) is 24.8 Å². The Hall–Kier alpha value is -3.64. The summed E-state index contributed by atoms with van der Waals surface area (Å²) in [6.07, 6.45) is -1.23. The molecular weight excluding hydrogens is 470 g/mol. The maximum absolute atomic E-state index is 12.8. The van der Waals surface area contributed by atoms with Crippen molar-refractivity contribution in [2.45, 2.75) is 30.7 Å². The van der Waals surface area contributed by atoms with Crippen LogP contribution in [0.3, 0.4) is 0 Å². The first-order valence-electron chi connectivity index (χ1n) is 11.7. The standard InChI is InChI=1S/C28H29N3O5.CH4/c1-31(2)16-20-23(18-8-6-5-7-9-18)28(19-12-10-17(15-29)11-13-19)27(33,25(20)32)24-21(36-28)14-22(34-3)30-26(24)35-4;/h5-14,20,23,25,32-33H,16H2,1-4H3;1H4. The van der Waals surface area contributed by atoms with E-state index >= 15 is 0 Å². The van der Waals surface area contributed by atoms with Crippen molar-refractivity contribution in [3.8, 4) is 23.6 Å². The van der Waals surface area contributed by atoms with E-state index in [2.05, 4.69) is 11.1 Å². The van der Waals surface area contributed by atoms with E-state index in [1.165, 1.54) is 14.2 Å². The molecule has 0 amide bonds. The molecule has 0 radical (unpaired) electrons. The van der Waals surface area contributed by atoms with E-state index in [1.807, 2.05) is 49.3 Å². The fourth-order valence-electron chi connectivity index (χ4n) is 6.08. The van der Waals surface area contributed by atoms with Crippen LogP contribution in [0.25, 0.3) is 0 Å². The molecule has 8 nitrogen and oxygen atoms in total. The summed E-state index contributed by atoms with van der Waals surface area (Å²) in [6.45, 7) is 0.492. The molecule has 2 aliphatic rings. The highest BCUT2D eigenvalue weighted by molar-refractivity contribution is 5.60. The normalized spacial score (nSPS) is 27.5. The highest BCUT2D eigenvalue weighted by Crippen LogP contribution is 2.69. The number of hydrogen-bond acceptors (Lipinski definition) is 8. The minimum atomic E-state index is -1.91. The van der Waals surface area contributed by atoms with Crippen molar-refractivity contribution < 1.29 is 24.4 Å². The highest BCUT2D eigenvalue weighted by atomic mass is 16.5. The Morgan fingerprint density at radius 1 is 1.08 bits per heavy atom. The zero-order valence-electron chi connectivity index (χ0n) is 20.7. The number of nitrogens with zero attached hydrogens (tertiary/aromatic N) is 3. The molecule has 194 valence electrons. The Morgan fingerprint density at radius 3 is 2.32 bits per heavy atom. The second-order valence-corrected chi connectivity index (χ2v) is 9.60. The number of aliphatic hydroxyl groups is 2. The molecule has 8 heteroatoms. The Balaban J connectivity index is 0.00000320. The minimum absolute atomic E-state index is 0. The molecule has 1 aliphatic heterocycles. The SMILES string of the molecule is C.COc1cc2c(c(OC)n1)C1(O)C(O)C(CN(C)C)C(c3ccccc3)C1(c1ccc(C#N)cc1)O2. The van der Waals surface area contributed by atoms with E-state index in [0.717, 1.165) is 5.56 Å². The molecule has 37 heavy (non-hydrogen) atoms. The number of methoxy groups -OCH3 is 2. The minimum Gasteiger partial charge on any atom is -0.481 e. The van der Waals surface area contributed by atoms with Crippen molar-refractivity contribution in [2.75, 3.05) is 34.9 Å². The van der Waals surface area contributed by atoms with Gasteiger partial charge in [0.2, 0.25) is 11.8 Å². The van der Waals surface area contributed by atoms with Crippen LogP contribution in [-0.2, 0) is 11.2 Å². The predicted octanol–water partition coefficient (Wildman–Crippen LogP) is 3.42. The van der Waals surface area contributed by atoms with Crippen LogP contribution in [0.2, 0.25) is 0 Å². The average Bonchev–Trinajstić information content (AvgIpc) is 3.26. The van der Waals surface area contributed by atoms with Crippen LogP contribution >= 0.6 is 0 Å². The lowest BCUT2D eigenvalue weighted by molar-refractivity contribution is -0.152. The highest BCUT2D eigenvalue weighted by Gasteiger charge is 2.77. The Bertz CT molecular complexity index is 1310. The fraction of sp³-hybridized carbons (Fsp3) is 0.379. The van der Waals surface area contributed by atoms with E-state index < -0.39 is 29.1 Å². The van der Waals surface area contributed by atoms with Crippen molar-refractivity contribution in [2.24, 2.45) is 5.92 Å². The first-order chi connectivity index (χ1) is 17.3. The van der Waals surface area contributed by atoms with Gasteiger partial charge in [0.1, 0.15) is 5.75 Å². The lowest BCUT2D eigenvalue weighted by Gasteiger charge is -2.41. The van der Waals surface area contributed by atoms with Crippen molar-refractivity contribution in [1.29, 1.82) is 5.26 Å². The summed E-state index contributed by atoms with van der Waals surface area (Å²) in [5.74, 6) is -0.160. The molecule has 5 unspecified atom stereocenters. The number of nitriles is 1. The van der Waals surface area contributed by atoms with E-state index in [9.17, 15) is 15.5 Å². The van der Waals surface area contributed by atoms with E-state index in [0.29, 0.717) is 23.4 Å². The topological polar surface area (TPSA) is 108 Å². The van der Waals surface area contributed by atoms with Gasteiger partial charge in [-0.05, 0) is 37.4 Å². The molecule has 2 heterocycles. The largest absolute Gasteiger partial charge is 0.481 e. The molecule has 5 atom stereocenters. The van der Waals surface area contributed by atoms with Crippen LogP contribution in [0.15, 0.2) is 60.7 Å². The lowest BCUT2D eigenvalue weighted by atomic mass is 9.70. The number of fused-ring (bicyclic) bond motifs is 3. The summed E-state index contributed by atoms with van der Waals surface area (Å²) in [7, 11) is 6.82. The van der Waals surface area contributed by atoms with Crippen LogP contribution < -0.4 is 14.2 Å². The van der Waals surface area contributed by atoms with Crippen LogP contribution in [-0.4, -0.2) is 61.1 Å². The van der Waals surface area contributed by atoms with Gasteiger partial charge in [-0.2, -0.15) is 10.2 Å². The first-order valence-corrected chi connectivity index (χ1v) is 11.7. The summed E-state index contributed by atoms with van der Waals surface area (Å²) in [6, 6.07) is 20.5. The molecule has 0 saturated heterocycles. The van der Waals surface area contributed by atoms with Crippen LogP contribution in [0, 0.1) is 17.2 Å². The predicted molar refractivity (Wildman–Crippen MR) is 139 cm³/mol. The Kier molecular flexibility index (Phi) is 6.91. The third kappa shape index (κ3) is 3.65. The van der Waals surface area contributed by atoms with E-state index in [4.69, 9.17) is 14.2 Å². The van der Waals surface area contributed by atoms with Crippen LogP contribution in [0.1, 0.15) is 35.6 Å². The summed E-state index contributed by atoms with van der Waals surface area (Å²) < 4.78 is 17.8. The average molecular weight is 504 g/mol. The summed E-state index contributed by atoms with van der Waals surface area (Å²) in [5, 5.41) is 34.1. The molecule has 2 N–H and O–H groups in total. The fourth-order valence-corrected chi connectivity index (χ4v) is 6.08. The Labute approximate surface area is 217 Å². The zero-order chi connectivity index (χ0) is 25.7. The monoisotopic (exact) mass is 503 g/mol. The maximum atomic E-state index is 12.8. The van der Waals surface area contributed by atoms with Gasteiger partial charge in [0.25, 0.3) is 0 Å². The number of pyridine rings is 1. The number of hydrogen-bond donors (Lipinski definition) is 2. The third-order valence-electron chi connectivity index (χ3n) is 7.42. The molecule has 1 aliphatic carbocycles. The summed E-state index contributed by atoms with van der Waals surface area (Å²) in [4.78, 5) is 6.40. The molecule has 1 fully saturated rings. The Morgan fingerprint density at radius 2 is 1.76 bits per heavy atom. The number of ether oxygens (including phenoxy) is 3. The lowest BCUT2D eigenvalue weighted by Crippen LogP contribution is -2.52. The second-order valence-electron chi connectivity index (χ2n) is 9.60. The quantitative estimate of drug-likeness (QED) is 0.527. The van der Waals surface area contributed by atoms with E-state index in [1.54, 1.807) is 30.3 Å². The molecule has 0 bridgehead atoms. The van der Waals surface area contributed by atoms with Gasteiger partial charge in [0.15, 0.2) is 11.2 Å². The van der Waals surface area contributed by atoms with Crippen molar-refractivity contribution >= 4 is 0 Å². The molecule has 5 rings (SSSR count). The maximum Gasteiger partial charge on any atom is 0.226 e. The van der Waals surface area contributed by atoms with Gasteiger partial charge < -0.3 is 29.3 Å².